The van der Waals surface area contributed by atoms with E-state index in [0.29, 0.717) is 10.3 Å². The number of hydrogen-bond acceptors (Lipinski definition) is 2. The van der Waals surface area contributed by atoms with Crippen molar-refractivity contribution in [3.05, 3.63) is 39.2 Å². The first-order chi connectivity index (χ1) is 7.22. The molecule has 4 heteroatoms. The number of halogens is 2. The third-order valence-corrected chi connectivity index (χ3v) is 3.78. The summed E-state index contributed by atoms with van der Waals surface area (Å²) in [6.45, 7) is 2.06. The molecule has 1 aromatic heterocycles. The predicted octanol–water partition coefficient (Wildman–Crippen LogP) is 4.51. The van der Waals surface area contributed by atoms with E-state index in [1.54, 1.807) is 0 Å². The first-order valence-electron chi connectivity index (χ1n) is 4.49. The molecule has 0 aliphatic rings. The van der Waals surface area contributed by atoms with Gasteiger partial charge in [0, 0.05) is 10.4 Å². The zero-order valence-corrected chi connectivity index (χ0v) is 10.5. The Morgan fingerprint density at radius 1 is 1.33 bits per heavy atom. The summed E-state index contributed by atoms with van der Waals surface area (Å²) in [4.78, 5) is 5.34. The van der Waals surface area contributed by atoms with Crippen molar-refractivity contribution in [3.63, 3.8) is 0 Å². The molecule has 1 heterocycles. The van der Waals surface area contributed by atoms with E-state index in [0.717, 1.165) is 16.1 Å². The maximum atomic E-state index is 5.90. The summed E-state index contributed by atoms with van der Waals surface area (Å²) < 4.78 is 0.545. The lowest BCUT2D eigenvalue weighted by atomic mass is 10.1. The fraction of sp³-hybridized carbons (Fsp3) is 0.182. The largest absolute Gasteiger partial charge is 0.225 e. The molecule has 15 heavy (non-hydrogen) atoms. The molecule has 0 N–H and O–H groups in total. The van der Waals surface area contributed by atoms with Crippen LogP contribution in [-0.4, -0.2) is 4.98 Å². The number of benzene rings is 1. The summed E-state index contributed by atoms with van der Waals surface area (Å²) in [6.07, 6.45) is 0. The van der Waals surface area contributed by atoms with E-state index < -0.39 is 0 Å². The first-order valence-corrected chi connectivity index (χ1v) is 6.22. The molecule has 0 aliphatic heterocycles. The molecule has 1 aromatic carbocycles. The van der Waals surface area contributed by atoms with Gasteiger partial charge in [0.05, 0.1) is 11.6 Å². The molecule has 0 unspecified atom stereocenters. The topological polar surface area (TPSA) is 12.9 Å². The molecule has 0 amide bonds. The summed E-state index contributed by atoms with van der Waals surface area (Å²) >= 11 is 13.2. The standard InChI is InChI=1S/C11H9Cl2NS/c1-7-4-2-3-5-8(7)10-9(6-12)15-11(13)14-10/h2-5H,6H2,1H3. The SMILES string of the molecule is Cc1ccccc1-c1nc(Cl)sc1CCl. The van der Waals surface area contributed by atoms with Gasteiger partial charge in [-0.15, -0.1) is 22.9 Å². The molecule has 0 atom stereocenters. The van der Waals surface area contributed by atoms with Crippen molar-refractivity contribution in [1.29, 1.82) is 0 Å². The van der Waals surface area contributed by atoms with E-state index in [2.05, 4.69) is 18.0 Å². The average Bonchev–Trinajstić information content (AvgIpc) is 2.60. The van der Waals surface area contributed by atoms with Crippen molar-refractivity contribution in [2.45, 2.75) is 12.8 Å². The molecule has 78 valence electrons. The van der Waals surface area contributed by atoms with Gasteiger partial charge >= 0.3 is 0 Å². The summed E-state index contributed by atoms with van der Waals surface area (Å²) in [6, 6.07) is 8.10. The molecule has 0 saturated carbocycles. The Hall–Kier alpha value is -0.570. The average molecular weight is 258 g/mol. The summed E-state index contributed by atoms with van der Waals surface area (Å²) in [5.41, 5.74) is 3.21. The van der Waals surface area contributed by atoms with Gasteiger partial charge in [0.2, 0.25) is 0 Å². The normalized spacial score (nSPS) is 10.6. The Balaban J connectivity index is 2.58. The highest BCUT2D eigenvalue weighted by atomic mass is 35.5. The van der Waals surface area contributed by atoms with Crippen molar-refractivity contribution < 1.29 is 0 Å². The van der Waals surface area contributed by atoms with Crippen LogP contribution in [0.5, 0.6) is 0 Å². The minimum absolute atomic E-state index is 0.452. The number of thiazole rings is 1. The van der Waals surface area contributed by atoms with Crippen molar-refractivity contribution in [3.8, 4) is 11.3 Å². The van der Waals surface area contributed by atoms with Gasteiger partial charge in [-0.2, -0.15) is 0 Å². The minimum Gasteiger partial charge on any atom is -0.225 e. The summed E-state index contributed by atoms with van der Waals surface area (Å²) in [5.74, 6) is 0.452. The van der Waals surface area contributed by atoms with Crippen LogP contribution in [0, 0.1) is 6.92 Å². The van der Waals surface area contributed by atoms with E-state index in [4.69, 9.17) is 23.2 Å². The van der Waals surface area contributed by atoms with E-state index in [1.807, 2.05) is 18.2 Å². The predicted molar refractivity (Wildman–Crippen MR) is 66.9 cm³/mol. The number of rotatable bonds is 2. The van der Waals surface area contributed by atoms with Gasteiger partial charge in [-0.3, -0.25) is 0 Å². The smallest absolute Gasteiger partial charge is 0.184 e. The molecular formula is C11H9Cl2NS. The van der Waals surface area contributed by atoms with Gasteiger partial charge < -0.3 is 0 Å². The summed E-state index contributed by atoms with van der Waals surface area (Å²) in [5, 5.41) is 0. The fourth-order valence-corrected chi connectivity index (χ4v) is 2.76. The monoisotopic (exact) mass is 257 g/mol. The molecule has 0 radical (unpaired) electrons. The van der Waals surface area contributed by atoms with Gasteiger partial charge in [-0.05, 0) is 12.5 Å². The summed E-state index contributed by atoms with van der Waals surface area (Å²) in [7, 11) is 0. The van der Waals surface area contributed by atoms with E-state index in [-0.39, 0.29) is 0 Å². The maximum absolute atomic E-state index is 5.90. The highest BCUT2D eigenvalue weighted by molar-refractivity contribution is 7.16. The number of alkyl halides is 1. The highest BCUT2D eigenvalue weighted by Crippen LogP contribution is 2.33. The van der Waals surface area contributed by atoms with Crippen LogP contribution in [0.3, 0.4) is 0 Å². The Kier molecular flexibility index (Phi) is 3.29. The molecule has 0 bridgehead atoms. The third-order valence-electron chi connectivity index (χ3n) is 2.19. The Labute approximate surface area is 103 Å². The second-order valence-electron chi connectivity index (χ2n) is 3.19. The van der Waals surface area contributed by atoms with Gasteiger partial charge in [0.15, 0.2) is 4.47 Å². The van der Waals surface area contributed by atoms with Crippen LogP contribution in [0.15, 0.2) is 24.3 Å². The Morgan fingerprint density at radius 2 is 2.07 bits per heavy atom. The van der Waals surface area contributed by atoms with Crippen LogP contribution >= 0.6 is 34.5 Å². The molecule has 0 spiro atoms. The fourth-order valence-electron chi connectivity index (χ4n) is 1.46. The van der Waals surface area contributed by atoms with Crippen molar-refractivity contribution >= 4 is 34.5 Å². The molecule has 1 nitrogen and oxygen atoms in total. The van der Waals surface area contributed by atoms with Gasteiger partial charge in [-0.1, -0.05) is 35.9 Å². The Bertz CT molecular complexity index is 479. The number of aryl methyl sites for hydroxylation is 1. The van der Waals surface area contributed by atoms with E-state index in [9.17, 15) is 0 Å². The molecule has 2 aromatic rings. The van der Waals surface area contributed by atoms with Crippen molar-refractivity contribution in [2.75, 3.05) is 0 Å². The molecule has 0 saturated heterocycles. The van der Waals surface area contributed by atoms with Crippen LogP contribution in [0.1, 0.15) is 10.4 Å². The lowest BCUT2D eigenvalue weighted by Gasteiger charge is -2.03. The highest BCUT2D eigenvalue weighted by Gasteiger charge is 2.12. The zero-order chi connectivity index (χ0) is 10.8. The van der Waals surface area contributed by atoms with Crippen LogP contribution in [-0.2, 0) is 5.88 Å². The number of nitrogens with zero attached hydrogens (tertiary/aromatic N) is 1. The minimum atomic E-state index is 0.452. The quantitative estimate of drug-likeness (QED) is 0.722. The second kappa shape index (κ2) is 4.52. The number of hydrogen-bond donors (Lipinski definition) is 0. The number of aromatic nitrogens is 1. The van der Waals surface area contributed by atoms with Crippen molar-refractivity contribution in [1.82, 2.24) is 4.98 Å². The zero-order valence-electron chi connectivity index (χ0n) is 8.13. The molecular weight excluding hydrogens is 249 g/mol. The maximum Gasteiger partial charge on any atom is 0.184 e. The van der Waals surface area contributed by atoms with Crippen LogP contribution in [0.4, 0.5) is 0 Å². The van der Waals surface area contributed by atoms with Crippen LogP contribution in [0.25, 0.3) is 11.3 Å². The third kappa shape index (κ3) is 2.17. The Morgan fingerprint density at radius 3 is 2.73 bits per heavy atom. The van der Waals surface area contributed by atoms with Gasteiger partial charge in [-0.25, -0.2) is 4.98 Å². The molecule has 0 fully saturated rings. The first kappa shape index (κ1) is 10.9. The molecule has 2 rings (SSSR count). The van der Waals surface area contributed by atoms with Crippen LogP contribution < -0.4 is 0 Å². The van der Waals surface area contributed by atoms with E-state index >= 15 is 0 Å². The second-order valence-corrected chi connectivity index (χ2v) is 5.12. The van der Waals surface area contributed by atoms with Gasteiger partial charge in [0.25, 0.3) is 0 Å². The molecule has 0 aliphatic carbocycles. The lowest BCUT2D eigenvalue weighted by Crippen LogP contribution is -1.85. The van der Waals surface area contributed by atoms with Crippen molar-refractivity contribution in [2.24, 2.45) is 0 Å². The van der Waals surface area contributed by atoms with E-state index in [1.165, 1.54) is 16.9 Å². The lowest BCUT2D eigenvalue weighted by molar-refractivity contribution is 1.33. The van der Waals surface area contributed by atoms with Gasteiger partial charge in [0.1, 0.15) is 0 Å². The van der Waals surface area contributed by atoms with Crippen LogP contribution in [0.2, 0.25) is 4.47 Å².